The molecule has 0 bridgehead atoms. The number of allylic oxidation sites excluding steroid dienone is 6. The lowest BCUT2D eigenvalue weighted by Crippen LogP contribution is -1.99. The maximum absolute atomic E-state index is 5.29. The van der Waals surface area contributed by atoms with Crippen LogP contribution in [-0.4, -0.2) is 32.4 Å². The molecule has 2 aromatic heterocycles. The number of nitrogens with zero attached hydrogens (tertiary/aromatic N) is 6. The number of hydrogen-bond acceptors (Lipinski definition) is 6. The van der Waals surface area contributed by atoms with Crippen LogP contribution in [0.2, 0.25) is 0 Å². The van der Waals surface area contributed by atoms with Crippen molar-refractivity contribution in [3.63, 3.8) is 0 Å². The average Bonchev–Trinajstić information content (AvgIpc) is 3.11. The van der Waals surface area contributed by atoms with E-state index in [2.05, 4.69) is 131 Å². The lowest BCUT2D eigenvalue weighted by atomic mass is 9.94. The van der Waals surface area contributed by atoms with Crippen molar-refractivity contribution >= 4 is 23.6 Å². The van der Waals surface area contributed by atoms with Gasteiger partial charge in [-0.15, -0.1) is 0 Å². The van der Waals surface area contributed by atoms with Crippen LogP contribution < -0.4 is 0 Å². The van der Waals surface area contributed by atoms with Crippen molar-refractivity contribution in [1.29, 1.82) is 0 Å². The molecule has 4 heterocycles. The first kappa shape index (κ1) is 30.8. The Morgan fingerprint density at radius 2 is 1.31 bits per heavy atom. The van der Waals surface area contributed by atoms with Gasteiger partial charge >= 0.3 is 0 Å². The van der Waals surface area contributed by atoms with E-state index >= 15 is 0 Å². The molecule has 234 valence electrons. The Morgan fingerprint density at radius 1 is 0.625 bits per heavy atom. The summed E-state index contributed by atoms with van der Waals surface area (Å²) >= 11 is 0. The third-order valence-electron chi connectivity index (χ3n) is 8.52. The van der Waals surface area contributed by atoms with Crippen molar-refractivity contribution in [2.75, 3.05) is 0 Å². The van der Waals surface area contributed by atoms with Gasteiger partial charge in [-0.3, -0.25) is 9.98 Å². The first-order valence-corrected chi connectivity index (χ1v) is 16.4. The number of aliphatic imine (C=N–C) groups is 2. The highest BCUT2D eigenvalue weighted by Crippen LogP contribution is 2.35. The van der Waals surface area contributed by atoms with Crippen LogP contribution in [0.1, 0.15) is 37.8 Å². The normalized spacial score (nSPS) is 17.5. The minimum absolute atomic E-state index is 0.404. The molecule has 6 heteroatoms. The molecule has 6 nitrogen and oxygen atoms in total. The maximum Gasteiger partial charge on any atom is 0.159 e. The van der Waals surface area contributed by atoms with E-state index in [4.69, 9.17) is 9.97 Å². The van der Waals surface area contributed by atoms with E-state index in [9.17, 15) is 0 Å². The highest BCUT2D eigenvalue weighted by atomic mass is 14.9. The second-order valence-electron chi connectivity index (χ2n) is 12.3. The van der Waals surface area contributed by atoms with E-state index in [0.717, 1.165) is 74.2 Å². The predicted molar refractivity (Wildman–Crippen MR) is 198 cm³/mol. The molecule has 0 spiro atoms. The number of rotatable bonds is 6. The van der Waals surface area contributed by atoms with Crippen LogP contribution in [0.25, 0.3) is 56.0 Å². The molecule has 3 aromatic carbocycles. The molecule has 7 rings (SSSR count). The first-order chi connectivity index (χ1) is 23.6. The van der Waals surface area contributed by atoms with E-state index in [0.29, 0.717) is 17.7 Å². The van der Waals surface area contributed by atoms with Crippen molar-refractivity contribution in [2.24, 2.45) is 21.8 Å². The highest BCUT2D eigenvalue weighted by molar-refractivity contribution is 6.10. The van der Waals surface area contributed by atoms with Gasteiger partial charge < -0.3 is 0 Å². The van der Waals surface area contributed by atoms with Gasteiger partial charge in [-0.2, -0.15) is 0 Å². The van der Waals surface area contributed by atoms with Crippen LogP contribution in [0, 0.1) is 11.8 Å². The van der Waals surface area contributed by atoms with E-state index in [1.807, 2.05) is 43.4 Å². The Kier molecular flexibility index (Phi) is 9.14. The fourth-order valence-corrected chi connectivity index (χ4v) is 5.95. The van der Waals surface area contributed by atoms with Crippen LogP contribution in [0.3, 0.4) is 0 Å². The molecule has 0 aliphatic carbocycles. The third-order valence-corrected chi connectivity index (χ3v) is 8.52. The van der Waals surface area contributed by atoms with Crippen molar-refractivity contribution in [2.45, 2.75) is 26.7 Å². The average molecular weight is 625 g/mol. The van der Waals surface area contributed by atoms with Crippen molar-refractivity contribution in [1.82, 2.24) is 19.9 Å². The lowest BCUT2D eigenvalue weighted by molar-refractivity contribution is 0.745. The minimum Gasteiger partial charge on any atom is -0.268 e. The van der Waals surface area contributed by atoms with Crippen LogP contribution in [0.5, 0.6) is 0 Å². The Bertz CT molecular complexity index is 2120. The molecule has 0 saturated heterocycles. The Balaban J connectivity index is 1.35. The van der Waals surface area contributed by atoms with E-state index in [-0.39, 0.29) is 0 Å². The Labute approximate surface area is 281 Å². The zero-order valence-corrected chi connectivity index (χ0v) is 27.1. The topological polar surface area (TPSA) is 76.3 Å². The van der Waals surface area contributed by atoms with Gasteiger partial charge in [-0.1, -0.05) is 92.7 Å². The summed E-state index contributed by atoms with van der Waals surface area (Å²) in [5.74, 6) is 1.49. The minimum atomic E-state index is 0.404. The summed E-state index contributed by atoms with van der Waals surface area (Å²) in [5, 5.41) is 0. The molecule has 0 N–H and O–H groups in total. The standard InChI is InChI=1S/C42H36N6/c1-29-9-7-17-43-24-38(18-29)32-11-5-14-35(20-32)41-40(34-13-4-12-33(19-34)39-25-45-28-46-26-39)27-47-42(48-41)36-15-6-10-31(21-36)37-16-3-8-30(2)22-44-23-37/h3-7,10-30H,8-9H2,1-2H3. The summed E-state index contributed by atoms with van der Waals surface area (Å²) in [6.45, 7) is 4.41. The highest BCUT2D eigenvalue weighted by Gasteiger charge is 2.16. The van der Waals surface area contributed by atoms with Crippen LogP contribution >= 0.6 is 0 Å². The predicted octanol–water partition coefficient (Wildman–Crippen LogP) is 9.95. The summed E-state index contributed by atoms with van der Waals surface area (Å²) in [6, 6.07) is 25.3. The summed E-state index contributed by atoms with van der Waals surface area (Å²) in [6.07, 6.45) is 25.6. The SMILES string of the molecule is CC1C=NC=C(c2cccc(-c3ncc(-c4cccc(-c5cncnc5)c4)c(-c4cccc(C5=CC(C)CC=CN=C5)c4)n3)c2)C=CC1. The molecule has 5 aromatic rings. The van der Waals surface area contributed by atoms with Gasteiger partial charge in [0.2, 0.25) is 0 Å². The molecule has 0 fully saturated rings. The number of benzene rings is 3. The molecule has 0 radical (unpaired) electrons. The summed E-state index contributed by atoms with van der Waals surface area (Å²) in [4.78, 5) is 27.8. The van der Waals surface area contributed by atoms with Crippen LogP contribution in [-0.2, 0) is 0 Å². The molecular formula is C42H36N6. The molecule has 2 unspecified atom stereocenters. The van der Waals surface area contributed by atoms with E-state index < -0.39 is 0 Å². The van der Waals surface area contributed by atoms with E-state index in [1.165, 1.54) is 0 Å². The Hall–Kier alpha value is -5.88. The van der Waals surface area contributed by atoms with Crippen molar-refractivity contribution in [3.8, 4) is 44.9 Å². The van der Waals surface area contributed by atoms with Gasteiger partial charge in [0.05, 0.1) is 5.69 Å². The summed E-state index contributed by atoms with van der Waals surface area (Å²) < 4.78 is 0. The van der Waals surface area contributed by atoms with Gasteiger partial charge in [0.1, 0.15) is 6.33 Å². The number of aromatic nitrogens is 4. The fourth-order valence-electron chi connectivity index (χ4n) is 5.95. The molecule has 48 heavy (non-hydrogen) atoms. The van der Waals surface area contributed by atoms with Gasteiger partial charge in [0.25, 0.3) is 0 Å². The number of hydrogen-bond donors (Lipinski definition) is 0. The monoisotopic (exact) mass is 624 g/mol. The lowest BCUT2D eigenvalue weighted by Gasteiger charge is -2.15. The van der Waals surface area contributed by atoms with Crippen LogP contribution in [0.15, 0.2) is 144 Å². The zero-order valence-electron chi connectivity index (χ0n) is 27.1. The summed E-state index contributed by atoms with van der Waals surface area (Å²) in [5.41, 5.74) is 11.1. The van der Waals surface area contributed by atoms with Crippen LogP contribution in [0.4, 0.5) is 0 Å². The van der Waals surface area contributed by atoms with E-state index in [1.54, 1.807) is 6.33 Å². The van der Waals surface area contributed by atoms with Gasteiger partial charge in [0, 0.05) is 65.7 Å². The quantitative estimate of drug-likeness (QED) is 0.188. The maximum atomic E-state index is 5.29. The van der Waals surface area contributed by atoms with Crippen molar-refractivity contribution in [3.05, 3.63) is 146 Å². The molecule has 2 aliphatic heterocycles. The fraction of sp³-hybridized carbons (Fsp3) is 0.143. The molecule has 2 aliphatic rings. The van der Waals surface area contributed by atoms with Crippen molar-refractivity contribution < 1.29 is 0 Å². The van der Waals surface area contributed by atoms with Gasteiger partial charge in [-0.25, -0.2) is 19.9 Å². The zero-order chi connectivity index (χ0) is 32.7. The van der Waals surface area contributed by atoms with Gasteiger partial charge in [0.15, 0.2) is 5.82 Å². The smallest absolute Gasteiger partial charge is 0.159 e. The third kappa shape index (κ3) is 7.08. The second kappa shape index (κ2) is 14.3. The molecular weight excluding hydrogens is 589 g/mol. The summed E-state index contributed by atoms with van der Waals surface area (Å²) in [7, 11) is 0. The molecule has 0 saturated carbocycles. The second-order valence-corrected chi connectivity index (χ2v) is 12.3. The molecule has 2 atom stereocenters. The largest absolute Gasteiger partial charge is 0.268 e. The van der Waals surface area contributed by atoms with Gasteiger partial charge in [-0.05, 0) is 76.3 Å². The Morgan fingerprint density at radius 3 is 2.17 bits per heavy atom. The first-order valence-electron chi connectivity index (χ1n) is 16.4. The molecule has 0 amide bonds.